The van der Waals surface area contributed by atoms with E-state index in [-0.39, 0.29) is 18.3 Å². The van der Waals surface area contributed by atoms with E-state index in [9.17, 15) is 9.59 Å². The first-order chi connectivity index (χ1) is 13.0. The van der Waals surface area contributed by atoms with E-state index in [1.165, 1.54) is 0 Å². The van der Waals surface area contributed by atoms with Crippen molar-refractivity contribution in [1.82, 2.24) is 0 Å². The molecule has 28 heavy (non-hydrogen) atoms. The van der Waals surface area contributed by atoms with Gasteiger partial charge in [-0.05, 0) is 48.7 Å². The number of carbonyl (C=O) groups is 2. The van der Waals surface area contributed by atoms with Crippen molar-refractivity contribution in [3.8, 4) is 0 Å². The van der Waals surface area contributed by atoms with E-state index in [1.807, 2.05) is 13.0 Å². The number of allylic oxidation sites excluding steroid dienone is 2. The molecular formula is C22H40O5Si. The zero-order valence-electron chi connectivity index (χ0n) is 18.8. The van der Waals surface area contributed by atoms with Crippen LogP contribution in [0.5, 0.6) is 0 Å². The van der Waals surface area contributed by atoms with Gasteiger partial charge in [-0.2, -0.15) is 0 Å². The summed E-state index contributed by atoms with van der Waals surface area (Å²) in [7, 11) is -2.15. The Morgan fingerprint density at radius 1 is 1.14 bits per heavy atom. The number of carboxylic acids is 1. The summed E-state index contributed by atoms with van der Waals surface area (Å²) >= 11 is 0. The molecule has 1 rings (SSSR count). The Morgan fingerprint density at radius 2 is 1.71 bits per heavy atom. The van der Waals surface area contributed by atoms with Gasteiger partial charge in [0.25, 0.3) is 0 Å². The van der Waals surface area contributed by atoms with Crippen LogP contribution in [0.4, 0.5) is 0 Å². The minimum absolute atomic E-state index is 0.0390. The second-order valence-electron chi connectivity index (χ2n) is 8.99. The van der Waals surface area contributed by atoms with Crippen molar-refractivity contribution in [2.45, 2.75) is 90.8 Å². The summed E-state index contributed by atoms with van der Waals surface area (Å²) in [5.41, 5.74) is 0.465. The lowest BCUT2D eigenvalue weighted by Crippen LogP contribution is -2.53. The van der Waals surface area contributed by atoms with E-state index in [2.05, 4.69) is 47.6 Å². The number of carboxylic acid groups (broad SMARTS) is 1. The first kappa shape index (κ1) is 24.9. The molecule has 1 aliphatic rings. The molecule has 0 bridgehead atoms. The van der Waals surface area contributed by atoms with Crippen LogP contribution in [0.3, 0.4) is 0 Å². The van der Waals surface area contributed by atoms with Crippen LogP contribution in [0.15, 0.2) is 12.2 Å². The summed E-state index contributed by atoms with van der Waals surface area (Å²) in [5, 5.41) is 9.17. The van der Waals surface area contributed by atoms with Crippen LogP contribution in [-0.2, 0) is 18.8 Å². The Morgan fingerprint density at radius 3 is 2.18 bits per heavy atom. The highest BCUT2D eigenvalue weighted by Gasteiger charge is 2.51. The van der Waals surface area contributed by atoms with Crippen LogP contribution < -0.4 is 0 Å². The highest BCUT2D eigenvalue weighted by atomic mass is 28.4. The van der Waals surface area contributed by atoms with E-state index in [0.29, 0.717) is 42.7 Å². The second kappa shape index (κ2) is 10.6. The smallest absolute Gasteiger partial charge is 0.314 e. The first-order valence-corrected chi connectivity index (χ1v) is 12.9. The van der Waals surface area contributed by atoms with Crippen molar-refractivity contribution >= 4 is 20.3 Å². The maximum absolute atomic E-state index is 13.1. The normalized spacial score (nSPS) is 22.9. The molecule has 0 aromatic carbocycles. The van der Waals surface area contributed by atoms with Crippen LogP contribution in [0, 0.1) is 11.3 Å². The summed E-state index contributed by atoms with van der Waals surface area (Å²) in [6.07, 6.45) is 5.96. The van der Waals surface area contributed by atoms with Gasteiger partial charge in [-0.15, -0.1) is 0 Å². The molecule has 1 aliphatic carbocycles. The van der Waals surface area contributed by atoms with Gasteiger partial charge in [0.05, 0.1) is 18.6 Å². The molecule has 1 N–H and O–H groups in total. The fraction of sp³-hybridized carbons (Fsp3) is 0.818. The molecule has 0 spiro atoms. The standard InChI is InChI=1S/C22H40O5Si/c1-8-26-21(25)22(14-10-9-11-19(22)12-13-20(23)24)15-27-28(16(2)3,17(4)5)18(6)7/h9,11,16-19H,8,10,12-15H2,1-7H3,(H,23,24)/t19-,22-/m1/s1. The number of esters is 1. The molecule has 0 heterocycles. The molecule has 0 aromatic heterocycles. The van der Waals surface area contributed by atoms with E-state index < -0.39 is 19.7 Å². The van der Waals surface area contributed by atoms with Gasteiger partial charge < -0.3 is 14.3 Å². The topological polar surface area (TPSA) is 72.8 Å². The molecule has 5 nitrogen and oxygen atoms in total. The molecule has 0 aliphatic heterocycles. The van der Waals surface area contributed by atoms with Gasteiger partial charge in [-0.1, -0.05) is 53.7 Å². The van der Waals surface area contributed by atoms with Crippen molar-refractivity contribution in [2.24, 2.45) is 11.3 Å². The third-order valence-electron chi connectivity index (χ3n) is 6.47. The first-order valence-electron chi connectivity index (χ1n) is 10.7. The maximum Gasteiger partial charge on any atom is 0.314 e. The summed E-state index contributed by atoms with van der Waals surface area (Å²) in [4.78, 5) is 24.3. The molecule has 0 unspecified atom stereocenters. The number of rotatable bonds is 11. The predicted molar refractivity (Wildman–Crippen MR) is 115 cm³/mol. The molecular weight excluding hydrogens is 372 g/mol. The lowest BCUT2D eigenvalue weighted by Gasteiger charge is -2.46. The number of hydrogen-bond donors (Lipinski definition) is 1. The number of hydrogen-bond acceptors (Lipinski definition) is 4. The van der Waals surface area contributed by atoms with Crippen LogP contribution in [0.2, 0.25) is 16.6 Å². The SMILES string of the molecule is CCOC(=O)[C@@]1(CO[Si](C(C)C)(C(C)C)C(C)C)CCC=C[C@@H]1CCC(=O)O. The lowest BCUT2D eigenvalue weighted by molar-refractivity contribution is -0.162. The highest BCUT2D eigenvalue weighted by Crippen LogP contribution is 2.47. The van der Waals surface area contributed by atoms with Gasteiger partial charge in [-0.25, -0.2) is 0 Å². The molecule has 0 amide bonds. The minimum Gasteiger partial charge on any atom is -0.481 e. The van der Waals surface area contributed by atoms with Crippen LogP contribution >= 0.6 is 0 Å². The molecule has 2 atom stereocenters. The number of carbonyl (C=O) groups excluding carboxylic acids is 1. The molecule has 0 saturated carbocycles. The maximum atomic E-state index is 13.1. The zero-order chi connectivity index (χ0) is 21.5. The third-order valence-corrected chi connectivity index (χ3v) is 12.5. The van der Waals surface area contributed by atoms with Crippen molar-refractivity contribution in [3.05, 3.63) is 12.2 Å². The Kier molecular flexibility index (Phi) is 9.41. The van der Waals surface area contributed by atoms with Gasteiger partial charge in [0.2, 0.25) is 0 Å². The van der Waals surface area contributed by atoms with E-state index in [0.717, 1.165) is 6.42 Å². The van der Waals surface area contributed by atoms with E-state index in [1.54, 1.807) is 0 Å². The van der Waals surface area contributed by atoms with Gasteiger partial charge in [0.1, 0.15) is 0 Å². The molecule has 0 saturated heterocycles. The largest absolute Gasteiger partial charge is 0.481 e. The lowest BCUT2D eigenvalue weighted by atomic mass is 9.68. The molecule has 0 aromatic rings. The molecule has 0 fully saturated rings. The third kappa shape index (κ3) is 5.26. The Labute approximate surface area is 172 Å². The van der Waals surface area contributed by atoms with Crippen molar-refractivity contribution in [2.75, 3.05) is 13.2 Å². The van der Waals surface area contributed by atoms with E-state index >= 15 is 0 Å². The number of aliphatic carboxylic acids is 1. The number of ether oxygens (including phenoxy) is 1. The minimum atomic E-state index is -2.15. The van der Waals surface area contributed by atoms with Crippen LogP contribution in [-0.4, -0.2) is 38.6 Å². The quantitative estimate of drug-likeness (QED) is 0.273. The van der Waals surface area contributed by atoms with Crippen molar-refractivity contribution in [1.29, 1.82) is 0 Å². The van der Waals surface area contributed by atoms with Crippen LogP contribution in [0.25, 0.3) is 0 Å². The van der Waals surface area contributed by atoms with Gasteiger partial charge in [0, 0.05) is 6.42 Å². The Hall–Kier alpha value is -1.14. The fourth-order valence-electron chi connectivity index (χ4n) is 5.14. The second-order valence-corrected chi connectivity index (χ2v) is 14.4. The summed E-state index contributed by atoms with van der Waals surface area (Å²) in [5.74, 6) is -1.25. The van der Waals surface area contributed by atoms with Crippen molar-refractivity contribution < 1.29 is 23.9 Å². The average molecular weight is 413 g/mol. The monoisotopic (exact) mass is 412 g/mol. The average Bonchev–Trinajstić information content (AvgIpc) is 2.60. The van der Waals surface area contributed by atoms with Gasteiger partial charge >= 0.3 is 11.9 Å². The summed E-state index contributed by atoms with van der Waals surface area (Å²) in [6, 6.07) is 0. The highest BCUT2D eigenvalue weighted by molar-refractivity contribution is 6.77. The molecule has 0 radical (unpaired) electrons. The Balaban J connectivity index is 3.27. The van der Waals surface area contributed by atoms with E-state index in [4.69, 9.17) is 14.3 Å². The fourth-order valence-corrected chi connectivity index (χ4v) is 10.7. The summed E-state index contributed by atoms with van der Waals surface area (Å²) < 4.78 is 12.3. The summed E-state index contributed by atoms with van der Waals surface area (Å²) in [6.45, 7) is 15.8. The van der Waals surface area contributed by atoms with Gasteiger partial charge in [0.15, 0.2) is 8.32 Å². The van der Waals surface area contributed by atoms with Crippen molar-refractivity contribution in [3.63, 3.8) is 0 Å². The molecule has 6 heteroatoms. The zero-order valence-corrected chi connectivity index (χ0v) is 19.8. The molecule has 162 valence electrons. The van der Waals surface area contributed by atoms with Crippen LogP contribution in [0.1, 0.15) is 74.1 Å². The Bertz CT molecular complexity index is 533. The predicted octanol–water partition coefficient (Wildman–Crippen LogP) is 5.56. The van der Waals surface area contributed by atoms with Gasteiger partial charge in [-0.3, -0.25) is 9.59 Å².